The summed E-state index contributed by atoms with van der Waals surface area (Å²) in [4.78, 5) is 38.3. The van der Waals surface area contributed by atoms with E-state index in [1.807, 2.05) is 6.08 Å². The molecule has 0 aliphatic carbocycles. The van der Waals surface area contributed by atoms with Gasteiger partial charge >= 0.3 is 17.9 Å². The van der Waals surface area contributed by atoms with Crippen molar-refractivity contribution in [2.45, 2.75) is 341 Å². The molecule has 0 spiro atoms. The van der Waals surface area contributed by atoms with Crippen LogP contribution in [0.4, 0.5) is 0 Å². The third-order valence-corrected chi connectivity index (χ3v) is 15.1. The van der Waals surface area contributed by atoms with Gasteiger partial charge in [0.2, 0.25) is 0 Å². The Kier molecular flexibility index (Phi) is 66.2. The first-order valence-corrected chi connectivity index (χ1v) is 34.9. The second-order valence-corrected chi connectivity index (χ2v) is 23.1. The third-order valence-electron chi connectivity index (χ3n) is 15.1. The lowest BCUT2D eigenvalue weighted by atomic mass is 10.0. The number of allylic oxidation sites excluding steroid dienone is 17. The largest absolute Gasteiger partial charge is 0.462 e. The van der Waals surface area contributed by atoms with E-state index in [2.05, 4.69) is 118 Å². The van der Waals surface area contributed by atoms with Crippen LogP contribution in [0.15, 0.2) is 109 Å². The molecule has 0 aliphatic heterocycles. The molecule has 0 aromatic carbocycles. The van der Waals surface area contributed by atoms with E-state index in [4.69, 9.17) is 14.2 Å². The molecule has 0 aliphatic rings. The normalized spacial score (nSPS) is 12.8. The van der Waals surface area contributed by atoms with Crippen molar-refractivity contribution in [2.24, 2.45) is 0 Å². The van der Waals surface area contributed by atoms with Crippen LogP contribution >= 0.6 is 0 Å². The smallest absolute Gasteiger partial charge is 0.309 e. The zero-order valence-corrected chi connectivity index (χ0v) is 54.0. The highest BCUT2D eigenvalue weighted by atomic mass is 16.6. The van der Waals surface area contributed by atoms with Gasteiger partial charge in [-0.1, -0.05) is 342 Å². The van der Waals surface area contributed by atoms with Gasteiger partial charge in [-0.15, -0.1) is 0 Å². The van der Waals surface area contributed by atoms with Crippen LogP contribution in [0.2, 0.25) is 0 Å². The molecule has 6 heteroatoms. The summed E-state index contributed by atoms with van der Waals surface area (Å²) in [5, 5.41) is 0. The average molecular weight is 1140 g/mol. The van der Waals surface area contributed by atoms with Crippen LogP contribution < -0.4 is 0 Å². The molecule has 0 heterocycles. The first kappa shape index (κ1) is 78.1. The molecule has 82 heavy (non-hydrogen) atoms. The number of unbranched alkanes of at least 4 members (excludes halogenated alkanes) is 35. The van der Waals surface area contributed by atoms with Crippen molar-refractivity contribution in [3.63, 3.8) is 0 Å². The van der Waals surface area contributed by atoms with Crippen LogP contribution in [0.5, 0.6) is 0 Å². The van der Waals surface area contributed by atoms with Gasteiger partial charge in [0.15, 0.2) is 6.10 Å². The van der Waals surface area contributed by atoms with E-state index in [9.17, 15) is 14.4 Å². The van der Waals surface area contributed by atoms with Gasteiger partial charge in [0.25, 0.3) is 0 Å². The second kappa shape index (κ2) is 69.6. The first-order chi connectivity index (χ1) is 40.5. The average Bonchev–Trinajstić information content (AvgIpc) is 3.47. The Labute approximate surface area is 508 Å². The number of hydrogen-bond donors (Lipinski definition) is 0. The summed E-state index contributed by atoms with van der Waals surface area (Å²) in [6.45, 7) is 6.36. The maximum absolute atomic E-state index is 12.9. The maximum atomic E-state index is 12.9. The number of esters is 3. The summed E-state index contributed by atoms with van der Waals surface area (Å²) < 4.78 is 16.9. The quantitative estimate of drug-likeness (QED) is 0.0261. The van der Waals surface area contributed by atoms with Crippen LogP contribution in [0.25, 0.3) is 0 Å². The van der Waals surface area contributed by atoms with Crippen molar-refractivity contribution in [1.29, 1.82) is 0 Å². The van der Waals surface area contributed by atoms with E-state index in [1.54, 1.807) is 6.08 Å². The molecule has 0 aromatic rings. The van der Waals surface area contributed by atoms with E-state index < -0.39 is 12.1 Å². The molecule has 0 saturated heterocycles. The summed E-state index contributed by atoms with van der Waals surface area (Å²) in [5.74, 6) is -1.04. The topological polar surface area (TPSA) is 78.9 Å². The van der Waals surface area contributed by atoms with Crippen LogP contribution in [-0.2, 0) is 28.6 Å². The minimum atomic E-state index is -0.825. The highest BCUT2D eigenvalue weighted by Gasteiger charge is 2.19. The van der Waals surface area contributed by atoms with Crippen LogP contribution in [0, 0.1) is 0 Å². The molecule has 0 aromatic heterocycles. The molecule has 6 nitrogen and oxygen atoms in total. The van der Waals surface area contributed by atoms with Gasteiger partial charge in [-0.05, 0) is 83.5 Å². The van der Waals surface area contributed by atoms with Gasteiger partial charge in [-0.25, -0.2) is 0 Å². The van der Waals surface area contributed by atoms with Crippen molar-refractivity contribution in [2.75, 3.05) is 13.2 Å². The van der Waals surface area contributed by atoms with E-state index in [-0.39, 0.29) is 31.6 Å². The Bertz CT molecular complexity index is 1640. The summed E-state index contributed by atoms with van der Waals surface area (Å²) >= 11 is 0. The minimum Gasteiger partial charge on any atom is -0.462 e. The fourth-order valence-electron chi connectivity index (χ4n) is 9.92. The van der Waals surface area contributed by atoms with Crippen molar-refractivity contribution in [3.8, 4) is 0 Å². The number of hydrogen-bond acceptors (Lipinski definition) is 6. The molecule has 470 valence electrons. The fourth-order valence-corrected chi connectivity index (χ4v) is 9.92. The Hall–Kier alpha value is -3.93. The number of carbonyl (C=O) groups excluding carboxylic acids is 3. The van der Waals surface area contributed by atoms with E-state index in [1.165, 1.54) is 193 Å². The van der Waals surface area contributed by atoms with Gasteiger partial charge in [-0.3, -0.25) is 14.4 Å². The maximum Gasteiger partial charge on any atom is 0.309 e. The van der Waals surface area contributed by atoms with Gasteiger partial charge in [0.1, 0.15) is 13.2 Å². The number of rotatable bonds is 63. The molecule has 0 radical (unpaired) electrons. The molecular formula is C76H130O6. The first-order valence-electron chi connectivity index (χ1n) is 34.9. The van der Waals surface area contributed by atoms with Crippen LogP contribution in [-0.4, -0.2) is 37.2 Å². The van der Waals surface area contributed by atoms with Crippen LogP contribution in [0.1, 0.15) is 335 Å². The molecule has 0 rings (SSSR count). The van der Waals surface area contributed by atoms with Gasteiger partial charge < -0.3 is 14.2 Å². The molecule has 0 amide bonds. The predicted molar refractivity (Wildman–Crippen MR) is 357 cm³/mol. The minimum absolute atomic E-state index is 0.110. The Morgan fingerprint density at radius 3 is 0.854 bits per heavy atom. The molecule has 1 unspecified atom stereocenters. The summed E-state index contributed by atoms with van der Waals surface area (Å²) in [6.07, 6.45) is 95.8. The van der Waals surface area contributed by atoms with E-state index in [0.29, 0.717) is 12.8 Å². The van der Waals surface area contributed by atoms with Crippen molar-refractivity contribution >= 4 is 17.9 Å². The van der Waals surface area contributed by atoms with Crippen molar-refractivity contribution in [1.82, 2.24) is 0 Å². The molecule has 1 atom stereocenters. The Balaban J connectivity index is 4.33. The lowest BCUT2D eigenvalue weighted by Crippen LogP contribution is -2.30. The van der Waals surface area contributed by atoms with Gasteiger partial charge in [-0.2, -0.15) is 0 Å². The predicted octanol–water partition coefficient (Wildman–Crippen LogP) is 24.2. The Morgan fingerprint density at radius 1 is 0.268 bits per heavy atom. The standard InChI is InChI=1S/C76H130O6/c1-4-7-10-13-16-19-22-25-28-30-32-34-35-36-37-38-39-40-42-43-45-48-51-54-57-60-63-66-69-75(78)81-72-73(71-80-74(77)68-65-62-59-56-53-50-47-27-24-21-18-15-12-9-6-3)82-76(79)70-67-64-61-58-55-52-49-46-44-41-33-31-29-26-23-20-17-14-11-8-5-2/h8-9,11-12,17-18,20-21,26-27,29,33,41,47,53,56,62,65,73H,4-7,10,13-16,19,22-25,28,30-32,34-40,42-46,48-52,54-55,57-61,63-64,66-72H2,1-3H3/b11-8-,12-9-,20-17-,21-18-,29-26-,41-33-,47-27-,56-53-,65-62-. The lowest BCUT2D eigenvalue weighted by Gasteiger charge is -2.18. The van der Waals surface area contributed by atoms with Crippen LogP contribution in [0.3, 0.4) is 0 Å². The highest BCUT2D eigenvalue weighted by Crippen LogP contribution is 2.18. The monoisotopic (exact) mass is 1140 g/mol. The summed E-state index contributed by atoms with van der Waals surface area (Å²) in [5.41, 5.74) is 0. The van der Waals surface area contributed by atoms with Crippen molar-refractivity contribution in [3.05, 3.63) is 109 Å². The summed E-state index contributed by atoms with van der Waals surface area (Å²) in [7, 11) is 0. The number of ether oxygens (including phenoxy) is 3. The van der Waals surface area contributed by atoms with Gasteiger partial charge in [0, 0.05) is 12.8 Å². The molecular weight excluding hydrogens is 1010 g/mol. The SMILES string of the molecule is CC/C=C\C/C=C\C/C=C\C/C=C\C/C=C\CC(=O)OCC(COC(=O)CCCCCCCCCCCCCCCCCCCCCCCCCCCCCC)OC(=O)CCCCCCCCCC/C=C\C/C=C\C/C=C\C/C=C\CC. The van der Waals surface area contributed by atoms with Crippen molar-refractivity contribution < 1.29 is 28.6 Å². The third kappa shape index (κ3) is 66.9. The Morgan fingerprint density at radius 2 is 0.524 bits per heavy atom. The molecule has 0 fully saturated rings. The zero-order chi connectivity index (χ0) is 59.2. The molecule has 0 N–H and O–H groups in total. The summed E-state index contributed by atoms with van der Waals surface area (Å²) in [6, 6.07) is 0. The second-order valence-electron chi connectivity index (χ2n) is 23.1. The zero-order valence-electron chi connectivity index (χ0n) is 54.0. The van der Waals surface area contributed by atoms with E-state index in [0.717, 1.165) is 103 Å². The van der Waals surface area contributed by atoms with E-state index >= 15 is 0 Å². The highest BCUT2D eigenvalue weighted by molar-refractivity contribution is 5.72. The lowest BCUT2D eigenvalue weighted by molar-refractivity contribution is -0.166. The molecule has 0 bridgehead atoms. The molecule has 0 saturated carbocycles. The van der Waals surface area contributed by atoms with Gasteiger partial charge in [0.05, 0.1) is 6.42 Å². The fraction of sp³-hybridized carbons (Fsp3) is 0.724. The number of carbonyl (C=O) groups is 3.